The van der Waals surface area contributed by atoms with Gasteiger partial charge in [-0.1, -0.05) is 78.9 Å². The van der Waals surface area contributed by atoms with Crippen molar-refractivity contribution in [3.05, 3.63) is 162 Å². The number of para-hydroxylation sites is 2. The van der Waals surface area contributed by atoms with E-state index in [0.29, 0.717) is 42.1 Å². The number of hydrogen-bond donors (Lipinski definition) is 2. The number of carbonyl (C=O) groups excluding carboxylic acids is 2. The summed E-state index contributed by atoms with van der Waals surface area (Å²) in [4.78, 5) is 44.2. The largest absolute Gasteiger partial charge is 0.494 e. The lowest BCUT2D eigenvalue weighted by atomic mass is 10.00. The van der Waals surface area contributed by atoms with Gasteiger partial charge in [0.15, 0.2) is 5.78 Å². The highest BCUT2D eigenvalue weighted by Crippen LogP contribution is 2.22. The highest BCUT2D eigenvalue weighted by molar-refractivity contribution is 6.12. The molecule has 0 aliphatic heterocycles. The number of aliphatic carboxylic acids is 1. The van der Waals surface area contributed by atoms with E-state index in [1.54, 1.807) is 90.1 Å². The van der Waals surface area contributed by atoms with Crippen LogP contribution in [0.5, 0.6) is 5.75 Å². The van der Waals surface area contributed by atoms with E-state index in [1.807, 2.05) is 60.7 Å². The molecule has 0 spiro atoms. The van der Waals surface area contributed by atoms with Crippen LogP contribution in [0.25, 0.3) is 6.08 Å². The zero-order valence-electron chi connectivity index (χ0n) is 25.7. The summed E-state index contributed by atoms with van der Waals surface area (Å²) < 4.78 is 5.95. The summed E-state index contributed by atoms with van der Waals surface area (Å²) in [6.45, 7) is 0.840. The van der Waals surface area contributed by atoms with Crippen molar-refractivity contribution in [2.45, 2.75) is 18.9 Å². The molecule has 2 N–H and O–H groups in total. The third kappa shape index (κ3) is 9.25. The third-order valence-corrected chi connectivity index (χ3v) is 7.43. The van der Waals surface area contributed by atoms with Crippen molar-refractivity contribution in [3.8, 4) is 5.75 Å². The van der Waals surface area contributed by atoms with E-state index in [2.05, 4.69) is 10.3 Å². The molecule has 0 radical (unpaired) electrons. The average Bonchev–Trinajstić information content (AvgIpc) is 3.12. The highest BCUT2D eigenvalue weighted by atomic mass is 16.5. The van der Waals surface area contributed by atoms with Crippen LogP contribution in [0.4, 0.5) is 11.4 Å². The van der Waals surface area contributed by atoms with Crippen molar-refractivity contribution in [2.24, 2.45) is 0 Å². The smallest absolute Gasteiger partial charge is 0.326 e. The van der Waals surface area contributed by atoms with Crippen molar-refractivity contribution in [1.29, 1.82) is 0 Å². The minimum atomic E-state index is -1.03. The highest BCUT2D eigenvalue weighted by Gasteiger charge is 2.21. The summed E-state index contributed by atoms with van der Waals surface area (Å²) in [5.41, 5.74) is 3.84. The Hall–Kier alpha value is -6.02. The first-order valence-electron chi connectivity index (χ1n) is 15.3. The molecule has 8 heteroatoms. The van der Waals surface area contributed by atoms with Gasteiger partial charge in [0.2, 0.25) is 0 Å². The maximum atomic E-state index is 13.1. The molecule has 5 rings (SSSR count). The fraction of sp³-hybridized carbons (Fsp3) is 0.128. The van der Waals surface area contributed by atoms with Crippen LogP contribution < -0.4 is 15.0 Å². The number of carbonyl (C=O) groups is 3. The van der Waals surface area contributed by atoms with Gasteiger partial charge in [-0.25, -0.2) is 4.79 Å². The molecule has 0 aliphatic carbocycles. The summed E-state index contributed by atoms with van der Waals surface area (Å²) in [6, 6.07) is 35.3. The molecule has 1 amide bonds. The molecule has 0 bridgehead atoms. The van der Waals surface area contributed by atoms with E-state index in [9.17, 15) is 19.5 Å². The molecule has 1 heterocycles. The van der Waals surface area contributed by atoms with Gasteiger partial charge in [-0.2, -0.15) is 0 Å². The number of rotatable bonds is 15. The van der Waals surface area contributed by atoms with E-state index < -0.39 is 12.0 Å². The number of carboxylic acids is 1. The molecule has 0 saturated heterocycles. The van der Waals surface area contributed by atoms with Crippen molar-refractivity contribution < 1.29 is 24.2 Å². The summed E-state index contributed by atoms with van der Waals surface area (Å²) >= 11 is 0. The lowest BCUT2D eigenvalue weighted by Crippen LogP contribution is -2.32. The summed E-state index contributed by atoms with van der Waals surface area (Å²) in [5.74, 6) is -0.712. The number of ketones is 1. The van der Waals surface area contributed by atoms with Gasteiger partial charge < -0.3 is 20.1 Å². The normalized spacial score (nSPS) is 11.5. The number of nitrogens with one attached hydrogen (secondary N) is 1. The Kier molecular flexibility index (Phi) is 11.3. The number of aromatic nitrogens is 1. The molecule has 236 valence electrons. The van der Waals surface area contributed by atoms with Crippen LogP contribution in [-0.2, 0) is 16.0 Å². The Morgan fingerprint density at radius 3 is 2.23 bits per heavy atom. The molecule has 1 atom stereocenters. The zero-order chi connectivity index (χ0) is 32.8. The monoisotopic (exact) mass is 625 g/mol. The van der Waals surface area contributed by atoms with Crippen molar-refractivity contribution in [2.75, 3.05) is 23.4 Å². The van der Waals surface area contributed by atoms with Gasteiger partial charge in [0.1, 0.15) is 11.8 Å². The molecular weight excluding hydrogens is 590 g/mol. The Morgan fingerprint density at radius 1 is 0.830 bits per heavy atom. The number of carboxylic acid groups (broad SMARTS) is 1. The van der Waals surface area contributed by atoms with Crippen LogP contribution in [0.1, 0.15) is 33.5 Å². The minimum absolute atomic E-state index is 0.141. The molecule has 5 aromatic rings. The predicted molar refractivity (Wildman–Crippen MR) is 184 cm³/mol. The molecule has 0 unspecified atom stereocenters. The maximum Gasteiger partial charge on any atom is 0.326 e. The van der Waals surface area contributed by atoms with Gasteiger partial charge in [0, 0.05) is 53.9 Å². The number of hydrogen-bond acceptors (Lipinski definition) is 6. The lowest BCUT2D eigenvalue weighted by molar-refractivity contribution is -0.137. The first-order valence-corrected chi connectivity index (χ1v) is 15.3. The Morgan fingerprint density at radius 2 is 1.53 bits per heavy atom. The first-order chi connectivity index (χ1) is 23.0. The molecule has 0 fully saturated rings. The molecule has 0 aliphatic rings. The Bertz CT molecular complexity index is 1790. The van der Waals surface area contributed by atoms with E-state index in [1.165, 1.54) is 0 Å². The second-order valence-electron chi connectivity index (χ2n) is 10.8. The van der Waals surface area contributed by atoms with Crippen LogP contribution in [0.15, 0.2) is 140 Å². The number of pyridine rings is 1. The van der Waals surface area contributed by atoms with Crippen molar-refractivity contribution >= 4 is 35.1 Å². The summed E-state index contributed by atoms with van der Waals surface area (Å²) in [5, 5.41) is 13.1. The number of benzene rings is 4. The summed E-state index contributed by atoms with van der Waals surface area (Å²) in [7, 11) is 0. The molecule has 0 saturated carbocycles. The predicted octanol–water partition coefficient (Wildman–Crippen LogP) is 6.94. The van der Waals surface area contributed by atoms with Gasteiger partial charge in [-0.15, -0.1) is 0 Å². The fourth-order valence-corrected chi connectivity index (χ4v) is 5.02. The Labute approximate surface area is 274 Å². The molecule has 1 aromatic heterocycles. The number of anilines is 2. The topological polar surface area (TPSA) is 109 Å². The molecule has 8 nitrogen and oxygen atoms in total. The second kappa shape index (κ2) is 16.3. The van der Waals surface area contributed by atoms with E-state index in [-0.39, 0.29) is 18.1 Å². The van der Waals surface area contributed by atoms with Crippen LogP contribution >= 0.6 is 0 Å². The van der Waals surface area contributed by atoms with E-state index >= 15 is 0 Å². The summed E-state index contributed by atoms with van der Waals surface area (Å²) in [6.07, 6.45) is 7.47. The maximum absolute atomic E-state index is 13.1. The zero-order valence-corrected chi connectivity index (χ0v) is 25.7. The van der Waals surface area contributed by atoms with E-state index in [0.717, 1.165) is 16.8 Å². The van der Waals surface area contributed by atoms with Crippen molar-refractivity contribution in [1.82, 2.24) is 4.98 Å². The van der Waals surface area contributed by atoms with E-state index in [4.69, 9.17) is 4.74 Å². The van der Waals surface area contributed by atoms with Gasteiger partial charge in [0.25, 0.3) is 5.91 Å². The number of amides is 1. The number of ether oxygens (including phenoxy) is 1. The van der Waals surface area contributed by atoms with Crippen LogP contribution in [0.2, 0.25) is 0 Å². The lowest BCUT2D eigenvalue weighted by Gasteiger charge is -2.21. The molecule has 4 aromatic carbocycles. The van der Waals surface area contributed by atoms with Gasteiger partial charge in [-0.3, -0.25) is 14.6 Å². The molecular formula is C39H35N3O5. The van der Waals surface area contributed by atoms with Gasteiger partial charge in [0.05, 0.1) is 6.61 Å². The van der Waals surface area contributed by atoms with Crippen LogP contribution in [-0.4, -0.2) is 46.9 Å². The molecule has 47 heavy (non-hydrogen) atoms. The standard InChI is InChI=1S/C39H35N3O5/c43-37(23-20-30-11-9-24-40-28-30)42(32-14-5-2-6-15-32)25-10-26-47-33-21-18-29(19-22-33)27-36(39(45)46)41-35-17-8-7-16-34(35)38(44)31-12-3-1-4-13-31/h1-9,11-24,28,36,41H,10,25-27H2,(H,45,46)/b23-20+/t36-/m0/s1. The average molecular weight is 626 g/mol. The number of nitrogens with zero attached hydrogens (tertiary/aromatic N) is 2. The van der Waals surface area contributed by atoms with Crippen LogP contribution in [0, 0.1) is 0 Å². The minimum Gasteiger partial charge on any atom is -0.494 e. The van der Waals surface area contributed by atoms with Crippen LogP contribution in [0.3, 0.4) is 0 Å². The fourth-order valence-electron chi connectivity index (χ4n) is 5.02. The quantitative estimate of drug-likeness (QED) is 0.0737. The third-order valence-electron chi connectivity index (χ3n) is 7.43. The second-order valence-corrected chi connectivity index (χ2v) is 10.8. The first kappa shape index (κ1) is 32.4. The van der Waals surface area contributed by atoms with Gasteiger partial charge >= 0.3 is 5.97 Å². The Balaban J connectivity index is 1.16. The van der Waals surface area contributed by atoms with Gasteiger partial charge in [-0.05, 0) is 66.1 Å². The SMILES string of the molecule is O=C(c1ccccc1)c1ccccc1N[C@@H](Cc1ccc(OCCCN(C(=O)/C=C/c2cccnc2)c2ccccc2)cc1)C(=O)O. The van der Waals surface area contributed by atoms with Crippen molar-refractivity contribution in [3.63, 3.8) is 0 Å².